The van der Waals surface area contributed by atoms with Crippen LogP contribution in [-0.2, 0) is 11.2 Å². The molecule has 3 aromatic rings. The zero-order valence-corrected chi connectivity index (χ0v) is 14.5. The molecule has 1 unspecified atom stereocenters. The van der Waals surface area contributed by atoms with Crippen LogP contribution in [0.3, 0.4) is 0 Å². The third-order valence-corrected chi connectivity index (χ3v) is 4.33. The summed E-state index contributed by atoms with van der Waals surface area (Å²) in [6, 6.07) is 8.41. The molecule has 2 aromatic heterocycles. The Labute approximate surface area is 154 Å². The Morgan fingerprint density at radius 3 is 3.07 bits per heavy atom. The summed E-state index contributed by atoms with van der Waals surface area (Å²) in [7, 11) is 0. The van der Waals surface area contributed by atoms with Crippen LogP contribution in [0.5, 0.6) is 5.75 Å². The molecule has 27 heavy (non-hydrogen) atoms. The van der Waals surface area contributed by atoms with Gasteiger partial charge in [0.25, 0.3) is 11.8 Å². The van der Waals surface area contributed by atoms with Crippen LogP contribution in [-0.4, -0.2) is 44.5 Å². The number of benzene rings is 1. The second-order valence-corrected chi connectivity index (χ2v) is 6.24. The van der Waals surface area contributed by atoms with E-state index >= 15 is 0 Å². The highest BCUT2D eigenvalue weighted by Crippen LogP contribution is 2.28. The topological polar surface area (TPSA) is 126 Å². The lowest BCUT2D eigenvalue weighted by Gasteiger charge is -2.01. The number of amides is 1. The molecule has 3 heterocycles. The number of rotatable bonds is 6. The van der Waals surface area contributed by atoms with Crippen LogP contribution < -0.4 is 5.32 Å². The van der Waals surface area contributed by atoms with Crippen molar-refractivity contribution >= 4 is 5.91 Å². The number of para-hydroxylation sites is 1. The second-order valence-electron chi connectivity index (χ2n) is 6.24. The van der Waals surface area contributed by atoms with Gasteiger partial charge in [0.15, 0.2) is 5.82 Å². The highest BCUT2D eigenvalue weighted by molar-refractivity contribution is 5.93. The number of hydrogen-bond donors (Lipinski definition) is 3. The van der Waals surface area contributed by atoms with Crippen molar-refractivity contribution in [1.29, 1.82) is 0 Å². The summed E-state index contributed by atoms with van der Waals surface area (Å²) in [6.45, 7) is 1.07. The molecule has 9 heteroatoms. The molecule has 0 radical (unpaired) electrons. The van der Waals surface area contributed by atoms with Crippen LogP contribution in [0, 0.1) is 0 Å². The molecule has 0 bridgehead atoms. The Bertz CT molecular complexity index is 929. The average molecular weight is 369 g/mol. The fourth-order valence-electron chi connectivity index (χ4n) is 2.92. The zero-order valence-electron chi connectivity index (χ0n) is 14.5. The van der Waals surface area contributed by atoms with Gasteiger partial charge in [0.05, 0.1) is 5.69 Å². The molecule has 3 N–H and O–H groups in total. The lowest BCUT2D eigenvalue weighted by Crippen LogP contribution is -2.26. The number of nitrogens with one attached hydrogen (secondary N) is 2. The van der Waals surface area contributed by atoms with E-state index < -0.39 is 0 Å². The average Bonchev–Trinajstić information content (AvgIpc) is 3.43. The number of nitrogens with zero attached hydrogens (tertiary/aromatic N) is 3. The van der Waals surface area contributed by atoms with E-state index in [1.165, 1.54) is 0 Å². The fraction of sp³-hybridized carbons (Fsp3) is 0.333. The minimum atomic E-state index is -0.299. The van der Waals surface area contributed by atoms with Crippen molar-refractivity contribution in [3.63, 3.8) is 0 Å². The van der Waals surface area contributed by atoms with Gasteiger partial charge in [0, 0.05) is 25.1 Å². The first-order valence-electron chi connectivity index (χ1n) is 8.77. The van der Waals surface area contributed by atoms with Crippen LogP contribution >= 0.6 is 0 Å². The van der Waals surface area contributed by atoms with E-state index in [-0.39, 0.29) is 17.8 Å². The van der Waals surface area contributed by atoms with Gasteiger partial charge in [0.2, 0.25) is 0 Å². The lowest BCUT2D eigenvalue weighted by atomic mass is 10.1. The molecule has 0 saturated carbocycles. The maximum absolute atomic E-state index is 12.2. The molecule has 1 atom stereocenters. The highest BCUT2D eigenvalue weighted by atomic mass is 16.5. The largest absolute Gasteiger partial charge is 0.507 e. The first-order valence-corrected chi connectivity index (χ1v) is 8.77. The lowest BCUT2D eigenvalue weighted by molar-refractivity contribution is 0.0835. The van der Waals surface area contributed by atoms with Gasteiger partial charge in [-0.15, -0.1) is 0 Å². The predicted molar refractivity (Wildman–Crippen MR) is 94.0 cm³/mol. The van der Waals surface area contributed by atoms with E-state index in [4.69, 9.17) is 9.26 Å². The number of phenolic OH excluding ortho intramolecular Hbond substituents is 1. The molecular formula is C18H19N5O4. The van der Waals surface area contributed by atoms with Crippen molar-refractivity contribution in [2.24, 2.45) is 0 Å². The fourth-order valence-corrected chi connectivity index (χ4v) is 2.92. The highest BCUT2D eigenvalue weighted by Gasteiger charge is 2.23. The van der Waals surface area contributed by atoms with E-state index in [1.54, 1.807) is 30.3 Å². The maximum Gasteiger partial charge on any atom is 0.269 e. The van der Waals surface area contributed by atoms with E-state index in [1.807, 2.05) is 0 Å². The zero-order chi connectivity index (χ0) is 18.6. The Hall–Kier alpha value is -3.20. The predicted octanol–water partition coefficient (Wildman–Crippen LogP) is 1.99. The Kier molecular flexibility index (Phi) is 4.84. The molecule has 1 fully saturated rings. The number of H-pyrrole nitrogens is 1. The summed E-state index contributed by atoms with van der Waals surface area (Å²) in [5.41, 5.74) is 1.36. The standard InChI is InChI=1S/C18H19N5O4/c24-14-5-2-1-4-11(14)12-10-13(22-21-12)17(25)19-8-7-16-20-18(27-23-16)15-6-3-9-26-15/h1-2,4-5,10,15,24H,3,6-9H2,(H,19,25)(H,21,22). The molecule has 0 aliphatic carbocycles. The summed E-state index contributed by atoms with van der Waals surface area (Å²) < 4.78 is 10.7. The minimum Gasteiger partial charge on any atom is -0.507 e. The number of carbonyl (C=O) groups is 1. The van der Waals surface area contributed by atoms with Gasteiger partial charge in [0.1, 0.15) is 17.5 Å². The molecule has 140 valence electrons. The summed E-state index contributed by atoms with van der Waals surface area (Å²) in [6.07, 6.45) is 2.21. The SMILES string of the molecule is O=C(NCCc1noc(C2CCCO2)n1)c1cc(-c2ccccc2O)n[nH]1. The van der Waals surface area contributed by atoms with Crippen LogP contribution in [0.15, 0.2) is 34.9 Å². The van der Waals surface area contributed by atoms with Crippen LogP contribution in [0.1, 0.15) is 41.1 Å². The van der Waals surface area contributed by atoms with Crippen molar-refractivity contribution < 1.29 is 19.2 Å². The van der Waals surface area contributed by atoms with Crippen molar-refractivity contribution in [2.45, 2.75) is 25.4 Å². The second kappa shape index (κ2) is 7.58. The number of aromatic nitrogens is 4. The van der Waals surface area contributed by atoms with Crippen molar-refractivity contribution in [3.05, 3.63) is 47.7 Å². The monoisotopic (exact) mass is 369 g/mol. The van der Waals surface area contributed by atoms with E-state index in [0.717, 1.165) is 12.8 Å². The maximum atomic E-state index is 12.2. The number of carbonyl (C=O) groups excluding carboxylic acids is 1. The van der Waals surface area contributed by atoms with Gasteiger partial charge in [-0.2, -0.15) is 10.1 Å². The van der Waals surface area contributed by atoms with E-state index in [9.17, 15) is 9.90 Å². The Morgan fingerprint density at radius 2 is 2.26 bits per heavy atom. The third kappa shape index (κ3) is 3.82. The summed E-state index contributed by atoms with van der Waals surface area (Å²) in [5, 5.41) is 23.3. The van der Waals surface area contributed by atoms with Gasteiger partial charge < -0.3 is 19.7 Å². The van der Waals surface area contributed by atoms with Crippen molar-refractivity contribution in [3.8, 4) is 17.0 Å². The quantitative estimate of drug-likeness (QED) is 0.606. The summed E-state index contributed by atoms with van der Waals surface area (Å²) >= 11 is 0. The number of hydrogen-bond acceptors (Lipinski definition) is 7. The van der Waals surface area contributed by atoms with E-state index in [0.29, 0.717) is 48.2 Å². The molecule has 0 spiro atoms. The summed E-state index contributed by atoms with van der Waals surface area (Å²) in [5.74, 6) is 0.831. The van der Waals surface area contributed by atoms with Crippen LogP contribution in [0.25, 0.3) is 11.3 Å². The number of ether oxygens (including phenoxy) is 1. The molecule has 9 nitrogen and oxygen atoms in total. The first kappa shape index (κ1) is 17.2. The molecule has 1 aliphatic rings. The normalized spacial score (nSPS) is 16.5. The van der Waals surface area contributed by atoms with Gasteiger partial charge in [-0.1, -0.05) is 17.3 Å². The van der Waals surface area contributed by atoms with Gasteiger partial charge in [-0.3, -0.25) is 9.89 Å². The third-order valence-electron chi connectivity index (χ3n) is 4.33. The smallest absolute Gasteiger partial charge is 0.269 e. The number of aromatic amines is 1. The number of phenols is 1. The van der Waals surface area contributed by atoms with Crippen molar-refractivity contribution in [2.75, 3.05) is 13.2 Å². The van der Waals surface area contributed by atoms with E-state index in [2.05, 4.69) is 25.7 Å². The first-order chi connectivity index (χ1) is 13.2. The molecular weight excluding hydrogens is 350 g/mol. The van der Waals surface area contributed by atoms with Gasteiger partial charge in [-0.05, 0) is 31.0 Å². The van der Waals surface area contributed by atoms with Crippen LogP contribution in [0.4, 0.5) is 0 Å². The van der Waals surface area contributed by atoms with Gasteiger partial charge >= 0.3 is 0 Å². The molecule has 1 amide bonds. The number of aromatic hydroxyl groups is 1. The van der Waals surface area contributed by atoms with Gasteiger partial charge in [-0.25, -0.2) is 0 Å². The molecule has 1 aromatic carbocycles. The molecule has 1 saturated heterocycles. The summed E-state index contributed by atoms with van der Waals surface area (Å²) in [4.78, 5) is 16.6. The molecule has 4 rings (SSSR count). The Morgan fingerprint density at radius 1 is 1.37 bits per heavy atom. The van der Waals surface area contributed by atoms with Crippen molar-refractivity contribution in [1.82, 2.24) is 25.7 Å². The van der Waals surface area contributed by atoms with Crippen LogP contribution in [0.2, 0.25) is 0 Å². The molecule has 1 aliphatic heterocycles. The minimum absolute atomic E-state index is 0.107. The Balaban J connectivity index is 1.32.